The molecule has 3 aromatic heterocycles. The first-order valence-corrected chi connectivity index (χ1v) is 8.84. The summed E-state index contributed by atoms with van der Waals surface area (Å²) in [6.45, 7) is 0. The van der Waals surface area contributed by atoms with Crippen LogP contribution in [0.4, 0.5) is 5.95 Å². The van der Waals surface area contributed by atoms with Crippen LogP contribution in [0.2, 0.25) is 0 Å². The molecular weight excluding hydrogens is 402 g/mol. The number of hydrogen-bond acceptors (Lipinski definition) is 7. The molecule has 0 aliphatic heterocycles. The molecule has 0 saturated carbocycles. The molecule has 0 atom stereocenters. The molecule has 0 bridgehead atoms. The van der Waals surface area contributed by atoms with E-state index in [4.69, 9.17) is 9.47 Å². The highest BCUT2D eigenvalue weighted by Crippen LogP contribution is 2.25. The van der Waals surface area contributed by atoms with Gasteiger partial charge in [0.15, 0.2) is 0 Å². The van der Waals surface area contributed by atoms with Gasteiger partial charge in [0.05, 0.1) is 20.3 Å². The highest BCUT2D eigenvalue weighted by molar-refractivity contribution is 9.10. The lowest BCUT2D eigenvalue weighted by Crippen LogP contribution is -2.15. The van der Waals surface area contributed by atoms with Gasteiger partial charge in [-0.2, -0.15) is 9.97 Å². The molecule has 0 aromatic carbocycles. The quantitative estimate of drug-likeness (QED) is 0.613. The normalized spacial score (nSPS) is 11.5. The minimum Gasteiger partial charge on any atom is -0.481 e. The van der Waals surface area contributed by atoms with Crippen LogP contribution in [0.5, 0.6) is 11.8 Å². The maximum Gasteiger partial charge on any atom is 0.266 e. The highest BCUT2D eigenvalue weighted by atomic mass is 79.9. The standard InChI is InChI=1S/C13H12BrN5O4S/c1-22-10-5-11(23-2)18-13(17-10)19-24(20,21)8-6-15-12-7(8)3-4-9(14)16-12/h3-6H,1-2H3,(H,15,16)(H,17,18,19). The summed E-state index contributed by atoms with van der Waals surface area (Å²) >= 11 is 3.23. The molecule has 3 aromatic rings. The first kappa shape index (κ1) is 16.5. The van der Waals surface area contributed by atoms with Gasteiger partial charge in [0.25, 0.3) is 10.0 Å². The van der Waals surface area contributed by atoms with Crippen molar-refractivity contribution in [3.8, 4) is 11.8 Å². The van der Waals surface area contributed by atoms with Gasteiger partial charge >= 0.3 is 0 Å². The van der Waals surface area contributed by atoms with Crippen LogP contribution in [0.3, 0.4) is 0 Å². The molecule has 11 heteroatoms. The maximum atomic E-state index is 12.6. The third kappa shape index (κ3) is 3.12. The van der Waals surface area contributed by atoms with E-state index >= 15 is 0 Å². The van der Waals surface area contributed by atoms with E-state index in [0.717, 1.165) is 0 Å². The SMILES string of the molecule is COc1cc(OC)nc(NS(=O)(=O)c2c[nH]c3nc(Br)ccc23)n1. The lowest BCUT2D eigenvalue weighted by molar-refractivity contribution is 0.373. The Balaban J connectivity index is 2.02. The van der Waals surface area contributed by atoms with E-state index in [-0.39, 0.29) is 22.6 Å². The van der Waals surface area contributed by atoms with Crippen LogP contribution < -0.4 is 14.2 Å². The number of fused-ring (bicyclic) bond motifs is 1. The van der Waals surface area contributed by atoms with E-state index in [1.54, 1.807) is 12.1 Å². The minimum atomic E-state index is -3.93. The van der Waals surface area contributed by atoms with Crippen molar-refractivity contribution in [1.29, 1.82) is 0 Å². The lowest BCUT2D eigenvalue weighted by atomic mass is 10.3. The van der Waals surface area contributed by atoms with Crippen LogP contribution in [0, 0.1) is 0 Å². The van der Waals surface area contributed by atoms with Gasteiger partial charge in [-0.1, -0.05) is 0 Å². The van der Waals surface area contributed by atoms with Crippen LogP contribution in [0.25, 0.3) is 11.0 Å². The number of nitrogens with zero attached hydrogens (tertiary/aromatic N) is 3. The number of aromatic nitrogens is 4. The monoisotopic (exact) mass is 413 g/mol. The molecule has 0 fully saturated rings. The molecule has 24 heavy (non-hydrogen) atoms. The molecular formula is C13H12BrN5O4S. The fourth-order valence-electron chi connectivity index (χ4n) is 2.01. The number of rotatable bonds is 5. The van der Waals surface area contributed by atoms with Gasteiger partial charge in [0.1, 0.15) is 15.1 Å². The van der Waals surface area contributed by atoms with Crippen molar-refractivity contribution in [2.75, 3.05) is 18.9 Å². The molecule has 0 unspecified atom stereocenters. The van der Waals surface area contributed by atoms with Crippen LogP contribution in [-0.2, 0) is 10.0 Å². The van der Waals surface area contributed by atoms with E-state index in [1.807, 2.05) is 0 Å². The highest BCUT2D eigenvalue weighted by Gasteiger charge is 2.21. The fraction of sp³-hybridized carbons (Fsp3) is 0.154. The second kappa shape index (κ2) is 6.24. The van der Waals surface area contributed by atoms with Crippen molar-refractivity contribution in [3.05, 3.63) is 29.0 Å². The summed E-state index contributed by atoms with van der Waals surface area (Å²) in [7, 11) is -1.12. The molecule has 0 radical (unpaired) electrons. The van der Waals surface area contributed by atoms with Gasteiger partial charge in [-0.05, 0) is 28.1 Å². The molecule has 3 heterocycles. The van der Waals surface area contributed by atoms with Crippen molar-refractivity contribution in [2.45, 2.75) is 4.90 Å². The number of anilines is 1. The van der Waals surface area contributed by atoms with E-state index in [9.17, 15) is 8.42 Å². The number of H-pyrrole nitrogens is 1. The molecule has 0 aliphatic rings. The Morgan fingerprint density at radius 2 is 1.79 bits per heavy atom. The smallest absolute Gasteiger partial charge is 0.266 e. The molecule has 0 spiro atoms. The first-order chi connectivity index (χ1) is 11.4. The number of aromatic amines is 1. The molecule has 0 saturated heterocycles. The molecule has 0 aliphatic carbocycles. The molecule has 0 amide bonds. The average Bonchev–Trinajstić information content (AvgIpc) is 2.97. The topological polar surface area (TPSA) is 119 Å². The average molecular weight is 414 g/mol. The Kier molecular flexibility index (Phi) is 4.28. The van der Waals surface area contributed by atoms with Crippen molar-refractivity contribution in [1.82, 2.24) is 19.9 Å². The number of halogens is 1. The zero-order chi connectivity index (χ0) is 17.3. The molecule has 126 valence electrons. The van der Waals surface area contributed by atoms with Gasteiger partial charge < -0.3 is 14.5 Å². The van der Waals surface area contributed by atoms with Crippen LogP contribution in [0.1, 0.15) is 0 Å². The number of methoxy groups -OCH3 is 2. The van der Waals surface area contributed by atoms with E-state index in [0.29, 0.717) is 15.6 Å². The summed E-state index contributed by atoms with van der Waals surface area (Å²) in [6, 6.07) is 4.73. The Morgan fingerprint density at radius 3 is 2.42 bits per heavy atom. The van der Waals surface area contributed by atoms with Crippen LogP contribution in [-0.4, -0.2) is 42.6 Å². The molecule has 9 nitrogen and oxygen atoms in total. The number of hydrogen-bond donors (Lipinski definition) is 2. The van der Waals surface area contributed by atoms with Gasteiger partial charge in [-0.25, -0.2) is 18.1 Å². The largest absolute Gasteiger partial charge is 0.481 e. The molecule has 3 rings (SSSR count). The van der Waals surface area contributed by atoms with Crippen molar-refractivity contribution in [2.24, 2.45) is 0 Å². The van der Waals surface area contributed by atoms with Crippen molar-refractivity contribution < 1.29 is 17.9 Å². The first-order valence-electron chi connectivity index (χ1n) is 6.56. The predicted molar refractivity (Wildman–Crippen MR) is 89.7 cm³/mol. The van der Waals surface area contributed by atoms with E-state index < -0.39 is 10.0 Å². The third-order valence-corrected chi connectivity index (χ3v) is 4.89. The number of ether oxygens (including phenoxy) is 2. The number of sulfonamides is 1. The Labute approximate surface area is 145 Å². The zero-order valence-electron chi connectivity index (χ0n) is 12.6. The van der Waals surface area contributed by atoms with Crippen molar-refractivity contribution in [3.63, 3.8) is 0 Å². The van der Waals surface area contributed by atoms with Crippen molar-refractivity contribution >= 4 is 42.9 Å². The summed E-state index contributed by atoms with van der Waals surface area (Å²) in [6.07, 6.45) is 1.35. The zero-order valence-corrected chi connectivity index (χ0v) is 15.0. The summed E-state index contributed by atoms with van der Waals surface area (Å²) in [5.41, 5.74) is 0.439. The van der Waals surface area contributed by atoms with Gasteiger partial charge in [0, 0.05) is 11.6 Å². The Hall–Kier alpha value is -2.40. The lowest BCUT2D eigenvalue weighted by Gasteiger charge is -2.08. The third-order valence-electron chi connectivity index (χ3n) is 3.08. The van der Waals surface area contributed by atoms with Gasteiger partial charge in [0.2, 0.25) is 17.7 Å². The predicted octanol–water partition coefficient (Wildman–Crippen LogP) is 1.93. The summed E-state index contributed by atoms with van der Waals surface area (Å²) in [4.78, 5) is 14.9. The maximum absolute atomic E-state index is 12.6. The summed E-state index contributed by atoms with van der Waals surface area (Å²) < 4.78 is 38.2. The van der Waals surface area contributed by atoms with Gasteiger partial charge in [-0.3, -0.25) is 0 Å². The van der Waals surface area contributed by atoms with Gasteiger partial charge in [-0.15, -0.1) is 0 Å². The van der Waals surface area contributed by atoms with E-state index in [2.05, 4.69) is 40.6 Å². The van der Waals surface area contributed by atoms with Crippen LogP contribution >= 0.6 is 15.9 Å². The Morgan fingerprint density at radius 1 is 1.12 bits per heavy atom. The van der Waals surface area contributed by atoms with Crippen LogP contribution in [0.15, 0.2) is 33.9 Å². The summed E-state index contributed by atoms with van der Waals surface area (Å²) in [5, 5.41) is 0.445. The second-order valence-corrected chi connectivity index (χ2v) is 7.03. The molecule has 2 N–H and O–H groups in total. The summed E-state index contributed by atoms with van der Waals surface area (Å²) in [5.74, 6) is 0.179. The number of pyridine rings is 1. The fourth-order valence-corrected chi connectivity index (χ4v) is 3.43. The second-order valence-electron chi connectivity index (χ2n) is 4.56. The number of nitrogens with one attached hydrogen (secondary N) is 2. The van der Waals surface area contributed by atoms with E-state index in [1.165, 1.54) is 26.5 Å². The Bertz CT molecular complexity index is 983. The minimum absolute atomic E-state index is 0.0305.